The Labute approximate surface area is 250 Å². The molecule has 0 fully saturated rings. The summed E-state index contributed by atoms with van der Waals surface area (Å²) in [5, 5.41) is 15.0. The minimum Gasteiger partial charge on any atom is -0.480 e. The molecule has 0 unspecified atom stereocenters. The highest BCUT2D eigenvalue weighted by molar-refractivity contribution is 5.91. The molecule has 0 aliphatic heterocycles. The highest BCUT2D eigenvalue weighted by atomic mass is 16.6. The van der Waals surface area contributed by atoms with Crippen molar-refractivity contribution in [3.63, 3.8) is 0 Å². The van der Waals surface area contributed by atoms with E-state index in [1.807, 2.05) is 74.5 Å². The fourth-order valence-electron chi connectivity index (χ4n) is 4.61. The lowest BCUT2D eigenvalue weighted by molar-refractivity contribution is -0.142. The van der Waals surface area contributed by atoms with Crippen molar-refractivity contribution in [1.29, 1.82) is 0 Å². The molecule has 2 aromatic carbocycles. The van der Waals surface area contributed by atoms with Crippen molar-refractivity contribution >= 4 is 23.9 Å². The second kappa shape index (κ2) is 15.9. The first-order valence-electron chi connectivity index (χ1n) is 14.6. The van der Waals surface area contributed by atoms with Crippen LogP contribution in [-0.2, 0) is 25.5 Å². The van der Waals surface area contributed by atoms with E-state index in [-0.39, 0.29) is 43.7 Å². The Balaban J connectivity index is 2.31. The van der Waals surface area contributed by atoms with Gasteiger partial charge in [-0.3, -0.25) is 14.5 Å². The molecule has 0 bridgehead atoms. The molecular weight excluding hydrogens is 534 g/mol. The number of nitrogens with one attached hydrogen (secondary N) is 2. The molecule has 3 N–H and O–H groups in total. The molecule has 0 spiro atoms. The second-order valence-electron chi connectivity index (χ2n) is 12.5. The lowest BCUT2D eigenvalue weighted by atomic mass is 9.88. The van der Waals surface area contributed by atoms with Crippen LogP contribution in [0.25, 0.3) is 0 Å². The van der Waals surface area contributed by atoms with Crippen molar-refractivity contribution in [3.05, 3.63) is 71.8 Å². The van der Waals surface area contributed by atoms with E-state index in [4.69, 9.17) is 4.74 Å². The third kappa shape index (κ3) is 11.9. The lowest BCUT2D eigenvalue weighted by Crippen LogP contribution is -2.54. The zero-order chi connectivity index (χ0) is 31.4. The van der Waals surface area contributed by atoms with Gasteiger partial charge in [-0.25, -0.2) is 9.59 Å². The number of hydrogen-bond donors (Lipinski definition) is 3. The average molecular weight is 582 g/mol. The van der Waals surface area contributed by atoms with Gasteiger partial charge < -0.3 is 20.5 Å². The maximum Gasteiger partial charge on any atom is 0.410 e. The Kier molecular flexibility index (Phi) is 13.0. The first-order chi connectivity index (χ1) is 19.7. The number of rotatable bonds is 14. The molecule has 0 heterocycles. The van der Waals surface area contributed by atoms with E-state index in [0.29, 0.717) is 0 Å². The Morgan fingerprint density at radius 2 is 1.43 bits per heavy atom. The van der Waals surface area contributed by atoms with Crippen LogP contribution in [-0.4, -0.2) is 64.7 Å². The second-order valence-corrected chi connectivity index (χ2v) is 12.5. The Hall–Kier alpha value is -3.88. The molecule has 42 heavy (non-hydrogen) atoms. The maximum absolute atomic E-state index is 13.5. The summed E-state index contributed by atoms with van der Waals surface area (Å²) in [7, 11) is 0. The topological polar surface area (TPSA) is 125 Å². The monoisotopic (exact) mass is 581 g/mol. The summed E-state index contributed by atoms with van der Waals surface area (Å²) in [6.45, 7) is 13.0. The molecule has 0 saturated heterocycles. The number of aliphatic carboxylic acids is 1. The fourth-order valence-corrected chi connectivity index (χ4v) is 4.61. The number of amides is 3. The van der Waals surface area contributed by atoms with Gasteiger partial charge in [0.05, 0.1) is 0 Å². The first-order valence-corrected chi connectivity index (χ1v) is 14.6. The van der Waals surface area contributed by atoms with Crippen LogP contribution < -0.4 is 10.6 Å². The van der Waals surface area contributed by atoms with Crippen molar-refractivity contribution in [3.8, 4) is 0 Å². The average Bonchev–Trinajstić information content (AvgIpc) is 2.89. The van der Waals surface area contributed by atoms with Gasteiger partial charge in [-0.1, -0.05) is 88.4 Å². The van der Waals surface area contributed by atoms with Crippen LogP contribution >= 0.6 is 0 Å². The van der Waals surface area contributed by atoms with E-state index >= 15 is 0 Å². The third-order valence-corrected chi connectivity index (χ3v) is 6.69. The van der Waals surface area contributed by atoms with Crippen molar-refractivity contribution in [2.45, 2.75) is 84.9 Å². The smallest absolute Gasteiger partial charge is 0.410 e. The number of ether oxygens (including phenoxy) is 1. The van der Waals surface area contributed by atoms with Crippen LogP contribution in [0.4, 0.5) is 4.79 Å². The molecule has 230 valence electrons. The van der Waals surface area contributed by atoms with Crippen LogP contribution in [0.3, 0.4) is 0 Å². The number of carbonyl (C=O) groups excluding carboxylic acids is 3. The minimum atomic E-state index is -1.14. The van der Waals surface area contributed by atoms with Crippen LogP contribution in [0.15, 0.2) is 60.7 Å². The number of carboxylic acid groups (broad SMARTS) is 1. The van der Waals surface area contributed by atoms with Crippen LogP contribution in [0, 0.1) is 11.8 Å². The van der Waals surface area contributed by atoms with Crippen LogP contribution in [0.1, 0.15) is 71.9 Å². The summed E-state index contributed by atoms with van der Waals surface area (Å²) in [5.41, 5.74) is 1.05. The van der Waals surface area contributed by atoms with Gasteiger partial charge in [-0.2, -0.15) is 0 Å². The van der Waals surface area contributed by atoms with Gasteiger partial charge in [0.2, 0.25) is 11.8 Å². The van der Waals surface area contributed by atoms with Gasteiger partial charge in [0.1, 0.15) is 24.2 Å². The highest BCUT2D eigenvalue weighted by Crippen LogP contribution is 2.26. The number of carbonyl (C=O) groups is 4. The van der Waals surface area contributed by atoms with E-state index in [1.54, 1.807) is 20.8 Å². The molecule has 3 amide bonds. The van der Waals surface area contributed by atoms with Crippen molar-refractivity contribution in [2.24, 2.45) is 11.8 Å². The van der Waals surface area contributed by atoms with Gasteiger partial charge in [-0.15, -0.1) is 0 Å². The van der Waals surface area contributed by atoms with E-state index < -0.39 is 41.6 Å². The maximum atomic E-state index is 13.5. The van der Waals surface area contributed by atoms with Gasteiger partial charge in [-0.05, 0) is 50.2 Å². The summed E-state index contributed by atoms with van der Waals surface area (Å²) in [6, 6.07) is 16.8. The van der Waals surface area contributed by atoms with E-state index in [2.05, 4.69) is 24.5 Å². The normalized spacial score (nSPS) is 13.6. The Morgan fingerprint density at radius 1 is 0.857 bits per heavy atom. The number of carboxylic acids is 1. The fraction of sp³-hybridized carbons (Fsp3) is 0.515. The standard InChI is InChI=1S/C33H47N3O6/c1-22(2)18-28(31(39)40)35-30(38)27(19-24-14-10-8-11-15-24)34-29(37)21-36(32(41)42-33(5,6)7)20-26(23(3)4)25-16-12-9-13-17-25/h8-17,22-23,26-28H,18-21H2,1-7H3,(H,34,37)(H,35,38)(H,39,40)/t26-,27-,28-/m1/s1. The summed E-state index contributed by atoms with van der Waals surface area (Å²) >= 11 is 0. The molecule has 0 saturated carbocycles. The quantitative estimate of drug-likeness (QED) is 0.288. The zero-order valence-corrected chi connectivity index (χ0v) is 25.9. The van der Waals surface area contributed by atoms with Crippen LogP contribution in [0.5, 0.6) is 0 Å². The summed E-state index contributed by atoms with van der Waals surface area (Å²) in [6.07, 6.45) is -0.237. The van der Waals surface area contributed by atoms with E-state index in [1.165, 1.54) is 4.90 Å². The minimum absolute atomic E-state index is 0.0365. The number of nitrogens with zero attached hydrogens (tertiary/aromatic N) is 1. The first kappa shape index (κ1) is 34.3. The largest absolute Gasteiger partial charge is 0.480 e. The predicted octanol–water partition coefficient (Wildman–Crippen LogP) is 5.01. The van der Waals surface area contributed by atoms with Gasteiger partial charge in [0.15, 0.2) is 0 Å². The van der Waals surface area contributed by atoms with Crippen molar-refractivity contribution < 1.29 is 29.0 Å². The number of hydrogen-bond acceptors (Lipinski definition) is 5. The van der Waals surface area contributed by atoms with Gasteiger partial charge >= 0.3 is 12.1 Å². The molecule has 2 aromatic rings. The molecule has 0 aromatic heterocycles. The van der Waals surface area contributed by atoms with E-state index in [9.17, 15) is 24.3 Å². The molecule has 9 heteroatoms. The van der Waals surface area contributed by atoms with E-state index in [0.717, 1.165) is 11.1 Å². The highest BCUT2D eigenvalue weighted by Gasteiger charge is 2.31. The van der Waals surface area contributed by atoms with Gasteiger partial charge in [0.25, 0.3) is 0 Å². The third-order valence-electron chi connectivity index (χ3n) is 6.69. The van der Waals surface area contributed by atoms with Crippen LogP contribution in [0.2, 0.25) is 0 Å². The van der Waals surface area contributed by atoms with Crippen molar-refractivity contribution in [2.75, 3.05) is 13.1 Å². The Bertz CT molecular complexity index is 1160. The predicted molar refractivity (Wildman–Crippen MR) is 163 cm³/mol. The number of benzene rings is 2. The van der Waals surface area contributed by atoms with Gasteiger partial charge in [0, 0.05) is 18.9 Å². The summed E-state index contributed by atoms with van der Waals surface area (Å²) < 4.78 is 5.64. The Morgan fingerprint density at radius 3 is 1.93 bits per heavy atom. The molecule has 2 rings (SSSR count). The lowest BCUT2D eigenvalue weighted by Gasteiger charge is -2.32. The zero-order valence-electron chi connectivity index (χ0n) is 25.9. The molecular formula is C33H47N3O6. The molecule has 9 nitrogen and oxygen atoms in total. The molecule has 0 aliphatic rings. The molecule has 0 aliphatic carbocycles. The molecule has 3 atom stereocenters. The SMILES string of the molecule is CC(C)C[C@@H](NC(=O)[C@@H](Cc1ccccc1)NC(=O)CN(C[C@@H](c1ccccc1)C(C)C)C(=O)OC(C)(C)C)C(=O)O. The molecule has 0 radical (unpaired) electrons. The summed E-state index contributed by atoms with van der Waals surface area (Å²) in [5.74, 6) is -2.17. The van der Waals surface area contributed by atoms with Crippen molar-refractivity contribution in [1.82, 2.24) is 15.5 Å². The summed E-state index contributed by atoms with van der Waals surface area (Å²) in [4.78, 5) is 53.3.